The van der Waals surface area contributed by atoms with E-state index >= 15 is 0 Å². The summed E-state index contributed by atoms with van der Waals surface area (Å²) in [5.41, 5.74) is 1.33. The molecule has 0 aliphatic rings. The van der Waals surface area contributed by atoms with Gasteiger partial charge in [0.05, 0.1) is 0 Å². The predicted octanol–water partition coefficient (Wildman–Crippen LogP) is 3.12. The van der Waals surface area contributed by atoms with Crippen molar-refractivity contribution >= 4 is 11.6 Å². The first-order valence-corrected chi connectivity index (χ1v) is 7.07. The second-order valence-electron chi connectivity index (χ2n) is 4.89. The maximum Gasteiger partial charge on any atom is 0.132 e. The molecule has 1 atom stereocenters. The van der Waals surface area contributed by atoms with Gasteiger partial charge in [-0.2, -0.15) is 0 Å². The lowest BCUT2D eigenvalue weighted by atomic mass is 10.1. The van der Waals surface area contributed by atoms with Crippen LogP contribution in [-0.2, 0) is 12.8 Å². The van der Waals surface area contributed by atoms with Crippen LogP contribution in [0.1, 0.15) is 25.2 Å². The molecule has 4 heteroatoms. The van der Waals surface area contributed by atoms with Crippen LogP contribution in [0.4, 0.5) is 11.6 Å². The highest BCUT2D eigenvalue weighted by atomic mass is 15.1. The molecule has 106 valence electrons. The summed E-state index contributed by atoms with van der Waals surface area (Å²) in [7, 11) is 1.87. The number of nitrogens with zero attached hydrogens (tertiary/aromatic N) is 2. The van der Waals surface area contributed by atoms with Gasteiger partial charge in [-0.15, -0.1) is 0 Å². The first-order valence-electron chi connectivity index (χ1n) is 7.07. The normalized spacial score (nSPS) is 11.9. The van der Waals surface area contributed by atoms with E-state index in [9.17, 15) is 0 Å². The molecule has 0 amide bonds. The van der Waals surface area contributed by atoms with E-state index in [-0.39, 0.29) is 0 Å². The number of anilines is 2. The molecule has 1 aromatic heterocycles. The monoisotopic (exact) mass is 270 g/mol. The molecule has 4 nitrogen and oxygen atoms in total. The molecule has 2 aromatic rings. The number of hydrogen-bond donors (Lipinski definition) is 2. The minimum absolute atomic E-state index is 0.321. The van der Waals surface area contributed by atoms with Crippen LogP contribution in [0.5, 0.6) is 0 Å². The van der Waals surface area contributed by atoms with Gasteiger partial charge in [-0.1, -0.05) is 37.3 Å². The third-order valence-electron chi connectivity index (χ3n) is 3.12. The third kappa shape index (κ3) is 3.95. The molecule has 0 aliphatic carbocycles. The molecule has 2 rings (SSSR count). The largest absolute Gasteiger partial charge is 0.373 e. The second-order valence-corrected chi connectivity index (χ2v) is 4.89. The molecule has 1 unspecified atom stereocenters. The van der Waals surface area contributed by atoms with Crippen molar-refractivity contribution < 1.29 is 0 Å². The fourth-order valence-corrected chi connectivity index (χ4v) is 2.13. The number of hydrogen-bond acceptors (Lipinski definition) is 4. The van der Waals surface area contributed by atoms with Gasteiger partial charge >= 0.3 is 0 Å². The second kappa shape index (κ2) is 6.89. The van der Waals surface area contributed by atoms with Crippen LogP contribution in [0.15, 0.2) is 36.4 Å². The number of aryl methyl sites for hydroxylation is 1. The third-order valence-corrected chi connectivity index (χ3v) is 3.12. The quantitative estimate of drug-likeness (QED) is 0.846. The van der Waals surface area contributed by atoms with E-state index in [0.717, 1.165) is 30.3 Å². The van der Waals surface area contributed by atoms with Crippen molar-refractivity contribution in [2.45, 2.75) is 32.7 Å². The van der Waals surface area contributed by atoms with Crippen molar-refractivity contribution in [3.63, 3.8) is 0 Å². The molecule has 2 N–H and O–H groups in total. The smallest absolute Gasteiger partial charge is 0.132 e. The highest BCUT2D eigenvalue weighted by Crippen LogP contribution is 2.14. The minimum Gasteiger partial charge on any atom is -0.373 e. The predicted molar refractivity (Wildman–Crippen MR) is 84.2 cm³/mol. The average Bonchev–Trinajstić information content (AvgIpc) is 2.47. The Labute approximate surface area is 120 Å². The number of rotatable bonds is 6. The summed E-state index contributed by atoms with van der Waals surface area (Å²) in [5, 5.41) is 6.52. The zero-order valence-corrected chi connectivity index (χ0v) is 12.4. The number of nitrogens with one attached hydrogen (secondary N) is 2. The molecular weight excluding hydrogens is 248 g/mol. The van der Waals surface area contributed by atoms with Crippen molar-refractivity contribution in [1.29, 1.82) is 0 Å². The Morgan fingerprint density at radius 3 is 2.45 bits per heavy atom. The standard InChI is InChI=1S/C16H22N4/c1-4-14-19-15(17-3)11-16(20-14)18-12(2)10-13-8-6-5-7-9-13/h5-9,11-12H,4,10H2,1-3H3,(H2,17,18,19,20). The molecule has 20 heavy (non-hydrogen) atoms. The van der Waals surface area contributed by atoms with Gasteiger partial charge in [0, 0.05) is 25.6 Å². The Morgan fingerprint density at radius 1 is 1.10 bits per heavy atom. The van der Waals surface area contributed by atoms with E-state index in [4.69, 9.17) is 0 Å². The topological polar surface area (TPSA) is 49.8 Å². The molecule has 0 fully saturated rings. The van der Waals surface area contributed by atoms with Crippen molar-refractivity contribution in [3.8, 4) is 0 Å². The summed E-state index contributed by atoms with van der Waals surface area (Å²) in [5.74, 6) is 2.59. The molecule has 1 heterocycles. The van der Waals surface area contributed by atoms with E-state index in [1.54, 1.807) is 0 Å². The zero-order valence-electron chi connectivity index (χ0n) is 12.4. The molecule has 0 aliphatic heterocycles. The summed E-state index contributed by atoms with van der Waals surface area (Å²) in [6.45, 7) is 4.23. The van der Waals surface area contributed by atoms with E-state index in [0.29, 0.717) is 6.04 Å². The van der Waals surface area contributed by atoms with Crippen LogP contribution < -0.4 is 10.6 Å². The molecular formula is C16H22N4. The van der Waals surface area contributed by atoms with Crippen molar-refractivity contribution in [3.05, 3.63) is 47.8 Å². The Kier molecular flexibility index (Phi) is 4.93. The first kappa shape index (κ1) is 14.3. The van der Waals surface area contributed by atoms with Gasteiger partial charge in [0.15, 0.2) is 0 Å². The Bertz CT molecular complexity index is 517. The lowest BCUT2D eigenvalue weighted by Gasteiger charge is -2.16. The Morgan fingerprint density at radius 2 is 1.80 bits per heavy atom. The fraction of sp³-hybridized carbons (Fsp3) is 0.375. The van der Waals surface area contributed by atoms with Crippen LogP contribution in [0.3, 0.4) is 0 Å². The van der Waals surface area contributed by atoms with Gasteiger partial charge < -0.3 is 10.6 Å². The lowest BCUT2D eigenvalue weighted by molar-refractivity contribution is 0.780. The van der Waals surface area contributed by atoms with E-state index in [1.807, 2.05) is 19.2 Å². The summed E-state index contributed by atoms with van der Waals surface area (Å²) in [6.07, 6.45) is 1.80. The van der Waals surface area contributed by atoms with Gasteiger partial charge in [0.2, 0.25) is 0 Å². The van der Waals surface area contributed by atoms with Gasteiger partial charge in [-0.05, 0) is 18.9 Å². The summed E-state index contributed by atoms with van der Waals surface area (Å²) < 4.78 is 0. The maximum absolute atomic E-state index is 4.52. The molecule has 1 aromatic carbocycles. The summed E-state index contributed by atoms with van der Waals surface area (Å²) >= 11 is 0. The molecule has 0 spiro atoms. The number of benzene rings is 1. The molecule has 0 saturated carbocycles. The summed E-state index contributed by atoms with van der Waals surface area (Å²) in [4.78, 5) is 8.92. The van der Waals surface area contributed by atoms with Crippen LogP contribution in [0, 0.1) is 0 Å². The Hall–Kier alpha value is -2.10. The molecule has 0 saturated heterocycles. The van der Waals surface area contributed by atoms with Crippen LogP contribution >= 0.6 is 0 Å². The SMILES string of the molecule is CCc1nc(NC)cc(NC(C)Cc2ccccc2)n1. The molecule has 0 radical (unpaired) electrons. The van der Waals surface area contributed by atoms with Crippen molar-refractivity contribution in [1.82, 2.24) is 9.97 Å². The van der Waals surface area contributed by atoms with E-state index in [1.165, 1.54) is 5.56 Å². The zero-order chi connectivity index (χ0) is 14.4. The van der Waals surface area contributed by atoms with E-state index < -0.39 is 0 Å². The summed E-state index contributed by atoms with van der Waals surface area (Å²) in [6, 6.07) is 12.7. The highest BCUT2D eigenvalue weighted by molar-refractivity contribution is 5.47. The van der Waals surface area contributed by atoms with Crippen LogP contribution in [0.25, 0.3) is 0 Å². The number of aromatic nitrogens is 2. The van der Waals surface area contributed by atoms with Gasteiger partial charge in [-0.25, -0.2) is 9.97 Å². The lowest BCUT2D eigenvalue weighted by Crippen LogP contribution is -2.19. The van der Waals surface area contributed by atoms with Crippen LogP contribution in [0.2, 0.25) is 0 Å². The first-order chi connectivity index (χ1) is 9.71. The van der Waals surface area contributed by atoms with Crippen molar-refractivity contribution in [2.24, 2.45) is 0 Å². The highest BCUT2D eigenvalue weighted by Gasteiger charge is 2.07. The van der Waals surface area contributed by atoms with E-state index in [2.05, 4.69) is 58.7 Å². The molecule has 0 bridgehead atoms. The Balaban J connectivity index is 2.05. The minimum atomic E-state index is 0.321. The van der Waals surface area contributed by atoms with Gasteiger partial charge in [-0.3, -0.25) is 0 Å². The van der Waals surface area contributed by atoms with Gasteiger partial charge in [0.1, 0.15) is 17.5 Å². The van der Waals surface area contributed by atoms with Crippen LogP contribution in [-0.4, -0.2) is 23.1 Å². The fourth-order valence-electron chi connectivity index (χ4n) is 2.13. The maximum atomic E-state index is 4.52. The van der Waals surface area contributed by atoms with Crippen molar-refractivity contribution in [2.75, 3.05) is 17.7 Å². The average molecular weight is 270 g/mol. The van der Waals surface area contributed by atoms with Gasteiger partial charge in [0.25, 0.3) is 0 Å².